The van der Waals surface area contributed by atoms with Crippen LogP contribution in [0.4, 0.5) is 11.4 Å². The first-order valence-corrected chi connectivity index (χ1v) is 12.2. The van der Waals surface area contributed by atoms with Gasteiger partial charge in [-0.15, -0.1) is 5.11 Å². The number of rotatable bonds is 5. The lowest BCUT2D eigenvalue weighted by Crippen LogP contribution is -2.00. The van der Waals surface area contributed by atoms with Gasteiger partial charge < -0.3 is 5.11 Å². The minimum absolute atomic E-state index is 0.0553. The standard InChI is InChI=1S/C16H12N2O10S3/c19-15-7-12(30(23,24)25)5-9-6-16(31(26,27)28)14(8-13(9)15)18-17-10-1-3-11(4-2-10)29(20,21)22/h1-8,19H,(H,20,21,22)(H,23,24,25)(H,26,27,28). The number of phenols is 1. The minimum Gasteiger partial charge on any atom is -0.507 e. The number of fused-ring (bicyclic) bond motifs is 1. The number of hydrogen-bond acceptors (Lipinski definition) is 9. The molecule has 0 saturated carbocycles. The van der Waals surface area contributed by atoms with Crippen LogP contribution in [0.3, 0.4) is 0 Å². The second-order valence-corrected chi connectivity index (χ2v) is 10.3. The van der Waals surface area contributed by atoms with E-state index in [1.165, 1.54) is 0 Å². The fourth-order valence-corrected chi connectivity index (χ4v) is 4.22. The lowest BCUT2D eigenvalue weighted by Gasteiger charge is -2.08. The second kappa shape index (κ2) is 7.63. The molecule has 3 aromatic carbocycles. The Morgan fingerprint density at radius 2 is 1.23 bits per heavy atom. The molecule has 0 aliphatic rings. The Kier molecular flexibility index (Phi) is 5.59. The highest BCUT2D eigenvalue weighted by atomic mass is 32.2. The number of benzene rings is 3. The van der Waals surface area contributed by atoms with Gasteiger partial charge in [-0.2, -0.15) is 30.4 Å². The van der Waals surface area contributed by atoms with E-state index in [1.54, 1.807) is 0 Å². The quantitative estimate of drug-likeness (QED) is 0.305. The molecular weight excluding hydrogens is 476 g/mol. The summed E-state index contributed by atoms with van der Waals surface area (Å²) in [6.07, 6.45) is 0. The lowest BCUT2D eigenvalue weighted by molar-refractivity contribution is 0.471. The van der Waals surface area contributed by atoms with E-state index in [2.05, 4.69) is 10.2 Å². The van der Waals surface area contributed by atoms with Crippen molar-refractivity contribution in [2.45, 2.75) is 14.7 Å². The van der Waals surface area contributed by atoms with Crippen LogP contribution < -0.4 is 0 Å². The van der Waals surface area contributed by atoms with Crippen LogP contribution in [-0.4, -0.2) is 44.0 Å². The summed E-state index contributed by atoms with van der Waals surface area (Å²) in [5, 5.41) is 17.3. The molecule has 0 fully saturated rings. The summed E-state index contributed by atoms with van der Waals surface area (Å²) in [6.45, 7) is 0. The smallest absolute Gasteiger partial charge is 0.296 e. The van der Waals surface area contributed by atoms with Crippen LogP contribution in [-0.2, 0) is 30.4 Å². The summed E-state index contributed by atoms with van der Waals surface area (Å²) < 4.78 is 95.8. The molecule has 0 unspecified atom stereocenters. The van der Waals surface area contributed by atoms with Crippen LogP contribution >= 0.6 is 0 Å². The van der Waals surface area contributed by atoms with E-state index in [0.717, 1.165) is 48.5 Å². The topological polar surface area (TPSA) is 208 Å². The summed E-state index contributed by atoms with van der Waals surface area (Å²) in [6, 6.07) is 7.83. The van der Waals surface area contributed by atoms with Gasteiger partial charge >= 0.3 is 0 Å². The van der Waals surface area contributed by atoms with Gasteiger partial charge in [-0.25, -0.2) is 0 Å². The molecule has 0 radical (unpaired) electrons. The summed E-state index contributed by atoms with van der Waals surface area (Å²) in [4.78, 5) is -1.88. The Hall–Kier alpha value is -2.95. The molecule has 12 nitrogen and oxygen atoms in total. The number of hydrogen-bond donors (Lipinski definition) is 4. The zero-order valence-corrected chi connectivity index (χ0v) is 17.4. The third-order valence-electron chi connectivity index (χ3n) is 3.97. The molecule has 3 aromatic rings. The summed E-state index contributed by atoms with van der Waals surface area (Å²) in [7, 11) is -14.0. The highest BCUT2D eigenvalue weighted by molar-refractivity contribution is 7.86. The molecule has 0 aliphatic heterocycles. The average Bonchev–Trinajstić information content (AvgIpc) is 2.64. The molecule has 4 N–H and O–H groups in total. The largest absolute Gasteiger partial charge is 0.507 e. The molecule has 0 saturated heterocycles. The van der Waals surface area contributed by atoms with Crippen LogP contribution in [0.1, 0.15) is 0 Å². The number of phenolic OH excluding ortho intramolecular Hbond substituents is 1. The third kappa shape index (κ3) is 5.04. The molecular formula is C16H12N2O10S3. The summed E-state index contributed by atoms with van der Waals surface area (Å²) in [5.41, 5.74) is -0.372. The predicted octanol–water partition coefficient (Wildman–Crippen LogP) is 2.70. The number of aromatic hydroxyl groups is 1. The summed E-state index contributed by atoms with van der Waals surface area (Å²) in [5.74, 6) is -0.624. The van der Waals surface area contributed by atoms with Crippen LogP contribution in [0.25, 0.3) is 10.8 Å². The SMILES string of the molecule is O=S(=O)(O)c1ccc(N=Nc2cc3c(O)cc(S(=O)(=O)O)cc3cc2S(=O)(=O)O)cc1. The molecule has 164 valence electrons. The van der Waals surface area contributed by atoms with Gasteiger partial charge in [0.25, 0.3) is 30.4 Å². The minimum atomic E-state index is -4.88. The maximum atomic E-state index is 11.8. The molecule has 0 amide bonds. The summed E-state index contributed by atoms with van der Waals surface area (Å²) >= 11 is 0. The average molecular weight is 488 g/mol. The van der Waals surface area contributed by atoms with E-state index in [0.29, 0.717) is 0 Å². The molecule has 0 aromatic heterocycles. The van der Waals surface area contributed by atoms with Crippen molar-refractivity contribution in [2.75, 3.05) is 0 Å². The van der Waals surface area contributed by atoms with Gasteiger partial charge in [0.15, 0.2) is 0 Å². The van der Waals surface area contributed by atoms with Gasteiger partial charge in [-0.3, -0.25) is 13.7 Å². The van der Waals surface area contributed by atoms with Crippen molar-refractivity contribution in [1.29, 1.82) is 0 Å². The zero-order chi connectivity index (χ0) is 23.2. The molecule has 0 spiro atoms. The molecule has 0 bridgehead atoms. The Morgan fingerprint density at radius 3 is 1.74 bits per heavy atom. The highest BCUT2D eigenvalue weighted by Crippen LogP contribution is 2.36. The third-order valence-corrected chi connectivity index (χ3v) is 6.55. The van der Waals surface area contributed by atoms with Gasteiger partial charge in [0.05, 0.1) is 15.5 Å². The first-order chi connectivity index (χ1) is 14.2. The molecule has 31 heavy (non-hydrogen) atoms. The van der Waals surface area contributed by atoms with Gasteiger partial charge in [0.2, 0.25) is 0 Å². The monoisotopic (exact) mass is 488 g/mol. The molecule has 15 heteroatoms. The van der Waals surface area contributed by atoms with Crippen LogP contribution in [0.2, 0.25) is 0 Å². The number of azo groups is 1. The van der Waals surface area contributed by atoms with Crippen molar-refractivity contribution in [2.24, 2.45) is 10.2 Å². The van der Waals surface area contributed by atoms with Gasteiger partial charge in [0, 0.05) is 11.5 Å². The van der Waals surface area contributed by atoms with Crippen LogP contribution in [0, 0.1) is 0 Å². The second-order valence-electron chi connectivity index (χ2n) is 6.10. The van der Waals surface area contributed by atoms with E-state index < -0.39 is 56.5 Å². The van der Waals surface area contributed by atoms with Crippen molar-refractivity contribution in [3.8, 4) is 5.75 Å². The van der Waals surface area contributed by atoms with Crippen molar-refractivity contribution in [3.63, 3.8) is 0 Å². The van der Waals surface area contributed by atoms with E-state index in [4.69, 9.17) is 9.11 Å². The van der Waals surface area contributed by atoms with Crippen LogP contribution in [0.5, 0.6) is 5.75 Å². The Morgan fingerprint density at radius 1 is 0.645 bits per heavy atom. The van der Waals surface area contributed by atoms with Gasteiger partial charge in [0.1, 0.15) is 16.3 Å². The maximum absolute atomic E-state index is 11.8. The first-order valence-electron chi connectivity index (χ1n) is 7.91. The highest BCUT2D eigenvalue weighted by Gasteiger charge is 2.20. The van der Waals surface area contributed by atoms with E-state index >= 15 is 0 Å². The van der Waals surface area contributed by atoms with Gasteiger partial charge in [-0.05, 0) is 47.9 Å². The van der Waals surface area contributed by atoms with Crippen molar-refractivity contribution in [1.82, 2.24) is 0 Å². The normalized spacial score (nSPS) is 13.1. The molecule has 0 atom stereocenters. The van der Waals surface area contributed by atoms with E-state index in [1.807, 2.05) is 0 Å². The lowest BCUT2D eigenvalue weighted by atomic mass is 10.1. The Bertz CT molecular complexity index is 1540. The number of nitrogens with zero attached hydrogens (tertiary/aromatic N) is 2. The molecule has 0 heterocycles. The van der Waals surface area contributed by atoms with Gasteiger partial charge in [-0.1, -0.05) is 0 Å². The maximum Gasteiger partial charge on any atom is 0.296 e. The first kappa shape index (κ1) is 22.7. The van der Waals surface area contributed by atoms with E-state index in [9.17, 15) is 34.9 Å². The molecule has 3 rings (SSSR count). The van der Waals surface area contributed by atoms with Crippen molar-refractivity contribution < 1.29 is 44.0 Å². The zero-order valence-electron chi connectivity index (χ0n) is 15.0. The Labute approximate surface area is 175 Å². The molecule has 0 aliphatic carbocycles. The Balaban J connectivity index is 2.17. The fraction of sp³-hybridized carbons (Fsp3) is 0. The predicted molar refractivity (Wildman–Crippen MR) is 106 cm³/mol. The fourth-order valence-electron chi connectivity index (χ4n) is 2.56. The van der Waals surface area contributed by atoms with Crippen molar-refractivity contribution >= 4 is 52.5 Å². The van der Waals surface area contributed by atoms with Crippen molar-refractivity contribution in [3.05, 3.63) is 48.5 Å². The van der Waals surface area contributed by atoms with E-state index in [-0.39, 0.29) is 16.5 Å². The van der Waals surface area contributed by atoms with Crippen LogP contribution in [0.15, 0.2) is 73.4 Å².